The van der Waals surface area contributed by atoms with Gasteiger partial charge in [0.1, 0.15) is 39.9 Å². The Morgan fingerprint density at radius 2 is 1.29 bits per heavy atom. The van der Waals surface area contributed by atoms with E-state index in [-0.39, 0.29) is 100 Å². The molecule has 0 radical (unpaired) electrons. The average molecular weight is 1820 g/mol. The molecule has 5 unspecified atom stereocenters. The van der Waals surface area contributed by atoms with E-state index in [1.165, 1.54) is 84.8 Å². The molecule has 13 heterocycles. The maximum Gasteiger partial charge on any atom is 0.294 e. The van der Waals surface area contributed by atoms with Gasteiger partial charge in [-0.2, -0.15) is 20.2 Å². The number of nitrogens with one attached hydrogen (secondary N) is 4. The third kappa shape index (κ3) is 20.9. The van der Waals surface area contributed by atoms with Crippen LogP contribution in [0.15, 0.2) is 177 Å². The topological polar surface area (TPSA) is 368 Å². The Morgan fingerprint density at radius 3 is 1.95 bits per heavy atom. The first-order valence-corrected chi connectivity index (χ1v) is 47.7. The Hall–Kier alpha value is -11.6. The van der Waals surface area contributed by atoms with Gasteiger partial charge in [-0.1, -0.05) is 50.7 Å². The van der Waals surface area contributed by atoms with Gasteiger partial charge < -0.3 is 45.4 Å². The lowest BCUT2D eigenvalue weighted by molar-refractivity contribution is 0.218. The standard InChI is InChI=1S/C34H39N7O3S.C32H39FN8O3S.C25H27ClN8O3S/c1-22(2)45(43,44)31-19-37-36-18-27(31)20-41-33-26(16-30(34(41)42)23(3)25-8-9-25)17-35-32(38-33)15-24-6-10-28(11-7-24)40-14-13-39-12-4-5-29(39)21-40;1-19(2)22(5)25-13-23-15-36-32(38-24-7-8-28(26(33)14-24)40-16-20(3)37-21(4)17-40)39-29(23)41(31(25)42)18-27-30(35-10-9-34-27)45(43)12-11-44-6;1-3-37-21-10-16-13-29-25(31-18-4-5-20(19(26)11-18)33-8-6-27-7-9-33)32-22(16)34(24(21)35)14-17-12-28-15-30-23(17)38(2)36/h6-7,10-11,16-19,22,25,29H,3-5,8-9,12-15,20-21H2,1-2H3;7-10,13-15,19-21,37H,5,11-12,16-18H2,1-4,6H3,(H,36,38,39);4-5,10-13,15,27H,3,6-9,14H2,1-2H3,(H,29,31,32). The lowest BCUT2D eigenvalue weighted by Gasteiger charge is -2.38. The number of methoxy groups -OCH3 is 1. The van der Waals surface area contributed by atoms with Gasteiger partial charge in [0.2, 0.25) is 11.9 Å². The Bertz CT molecular complexity index is 6510. The zero-order valence-corrected chi connectivity index (χ0v) is 76.3. The van der Waals surface area contributed by atoms with Crippen molar-refractivity contribution in [1.29, 1.82) is 0 Å². The maximum absolute atomic E-state index is 15.3. The van der Waals surface area contributed by atoms with Crippen molar-refractivity contribution in [2.75, 3.05) is 123 Å². The number of ether oxygens (including phenoxy) is 2. The molecule has 12 aromatic rings. The monoisotopic (exact) mass is 1810 g/mol. The van der Waals surface area contributed by atoms with Crippen molar-refractivity contribution >= 4 is 128 Å². The summed E-state index contributed by atoms with van der Waals surface area (Å²) in [6.07, 6.45) is 20.2. The molecule has 4 saturated heterocycles. The van der Waals surface area contributed by atoms with Gasteiger partial charge in [-0.15, -0.1) is 0 Å². The van der Waals surface area contributed by atoms with Crippen LogP contribution in [0.3, 0.4) is 0 Å². The third-order valence-corrected chi connectivity index (χ3v) is 28.1. The van der Waals surface area contributed by atoms with Crippen LogP contribution in [-0.4, -0.2) is 217 Å². The number of sulfone groups is 1. The summed E-state index contributed by atoms with van der Waals surface area (Å²) in [6, 6.07) is 25.7. The van der Waals surface area contributed by atoms with Crippen LogP contribution in [-0.2, 0) is 62.2 Å². The number of halogens is 2. The molecule has 4 aliphatic heterocycles. The molecule has 5 fully saturated rings. The predicted molar refractivity (Wildman–Crippen MR) is 499 cm³/mol. The van der Waals surface area contributed by atoms with Crippen molar-refractivity contribution in [3.8, 4) is 5.75 Å². The van der Waals surface area contributed by atoms with E-state index in [0.717, 1.165) is 75.5 Å². The summed E-state index contributed by atoms with van der Waals surface area (Å²) in [5.41, 5.74) is 8.99. The van der Waals surface area contributed by atoms with E-state index < -0.39 is 36.7 Å². The molecule has 5 aliphatic rings. The minimum Gasteiger partial charge on any atom is -0.488 e. The summed E-state index contributed by atoms with van der Waals surface area (Å²) in [7, 11) is -4.98. The second kappa shape index (κ2) is 40.4. The van der Waals surface area contributed by atoms with Crippen LogP contribution in [0.1, 0.15) is 113 Å². The molecule has 37 heteroatoms. The van der Waals surface area contributed by atoms with Crippen LogP contribution in [0.2, 0.25) is 5.02 Å². The molecule has 32 nitrogen and oxygen atoms in total. The summed E-state index contributed by atoms with van der Waals surface area (Å²) in [5.74, 6) is 1.43. The highest BCUT2D eigenvalue weighted by Gasteiger charge is 2.33. The van der Waals surface area contributed by atoms with Crippen LogP contribution in [0.4, 0.5) is 44.7 Å². The smallest absolute Gasteiger partial charge is 0.294 e. The zero-order chi connectivity index (χ0) is 90.2. The zero-order valence-electron chi connectivity index (χ0n) is 73.1. The van der Waals surface area contributed by atoms with Gasteiger partial charge in [-0.25, -0.2) is 47.7 Å². The van der Waals surface area contributed by atoms with Crippen molar-refractivity contribution < 1.29 is 30.7 Å². The summed E-state index contributed by atoms with van der Waals surface area (Å²) in [5, 5.41) is 23.4. The molecule has 0 spiro atoms. The molecule has 4 N–H and O–H groups in total. The molecule has 1 aliphatic carbocycles. The molecule has 1 saturated carbocycles. The van der Waals surface area contributed by atoms with Crippen LogP contribution in [0.5, 0.6) is 5.75 Å². The van der Waals surface area contributed by atoms with Crippen molar-refractivity contribution in [2.24, 2.45) is 11.8 Å². The number of benzene rings is 3. The van der Waals surface area contributed by atoms with Crippen LogP contribution in [0, 0.1) is 17.7 Å². The number of hydrogen-bond donors (Lipinski definition) is 4. The predicted octanol–water partition coefficient (Wildman–Crippen LogP) is 10.8. The van der Waals surface area contributed by atoms with E-state index in [1.807, 2.05) is 43.0 Å². The Morgan fingerprint density at radius 1 is 0.656 bits per heavy atom. The Labute approximate surface area is 751 Å². The highest BCUT2D eigenvalue weighted by Crippen LogP contribution is 2.41. The lowest BCUT2D eigenvalue weighted by atomic mass is 9.97. The molecule has 3 aromatic carbocycles. The SMILES string of the molecule is C=C(c1cc2cnc(Cc3ccc(N4CCN5CCCC5C4)cc3)nc2n(Cc2cnncc2S(=O)(=O)C(C)C)c1=O)C1CC1.C=C(c1cc2cnc(Nc3ccc(N4CC(C)NC(C)C4)c(F)c3)nc2n(Cc2nccnc2S(=O)CCOC)c1=O)C(C)C.CCOc1cc2cnc(Nc3ccc(N4CCNCC4)c(Cl)c3)nc2n(Cc2cncnc2S(C)=O)c1=O. The fraction of sp³-hybridized carbons (Fsp3) is 0.396. The first-order chi connectivity index (χ1) is 61.7. The van der Waals surface area contributed by atoms with Crippen LogP contribution < -0.4 is 57.4 Å². The summed E-state index contributed by atoms with van der Waals surface area (Å²) in [4.78, 5) is 95.6. The van der Waals surface area contributed by atoms with Gasteiger partial charge in [-0.05, 0) is 162 Å². The normalized spacial score (nSPS) is 17.1. The molecule has 17 rings (SSSR count). The highest BCUT2D eigenvalue weighted by atomic mass is 35.5. The number of hydrogen-bond acceptors (Lipinski definition) is 29. The van der Waals surface area contributed by atoms with Gasteiger partial charge in [0.05, 0.1) is 105 Å². The molecular weight excluding hydrogens is 1710 g/mol. The highest BCUT2D eigenvalue weighted by molar-refractivity contribution is 7.92. The van der Waals surface area contributed by atoms with Crippen molar-refractivity contribution in [3.63, 3.8) is 0 Å². The fourth-order valence-corrected chi connectivity index (χ4v) is 19.7. The quantitative estimate of drug-likeness (QED) is 0.0331. The van der Waals surface area contributed by atoms with E-state index in [4.69, 9.17) is 26.1 Å². The first-order valence-electron chi connectivity index (χ1n) is 42.9. The van der Waals surface area contributed by atoms with Crippen molar-refractivity contribution in [3.05, 3.63) is 229 Å². The average Bonchev–Trinajstić information content (AvgIpc) is 1.09. The molecule has 128 heavy (non-hydrogen) atoms. The van der Waals surface area contributed by atoms with Gasteiger partial charge in [-0.3, -0.25) is 46.4 Å². The molecule has 0 amide bonds. The molecular formula is C91H105ClFN23O9S3. The second-order valence-corrected chi connectivity index (χ2v) is 38.8. The van der Waals surface area contributed by atoms with Crippen LogP contribution in [0.25, 0.3) is 44.2 Å². The molecule has 670 valence electrons. The molecule has 0 bridgehead atoms. The number of anilines is 7. The maximum atomic E-state index is 15.3. The number of pyridine rings is 3. The summed E-state index contributed by atoms with van der Waals surface area (Å²) in [6.45, 7) is 31.7. The van der Waals surface area contributed by atoms with Gasteiger partial charge >= 0.3 is 0 Å². The van der Waals surface area contributed by atoms with Gasteiger partial charge in [0.25, 0.3) is 16.7 Å². The van der Waals surface area contributed by atoms with E-state index in [9.17, 15) is 31.2 Å². The minimum atomic E-state index is -3.66. The van der Waals surface area contributed by atoms with E-state index in [0.29, 0.717) is 138 Å². The largest absolute Gasteiger partial charge is 0.488 e. The van der Waals surface area contributed by atoms with Crippen LogP contribution >= 0.6 is 11.6 Å². The van der Waals surface area contributed by atoms with Gasteiger partial charge in [0, 0.05) is 189 Å². The van der Waals surface area contributed by atoms with E-state index in [1.54, 1.807) is 74.4 Å². The summed E-state index contributed by atoms with van der Waals surface area (Å²) >= 11 is 6.61. The van der Waals surface area contributed by atoms with E-state index in [2.05, 4.69) is 142 Å². The van der Waals surface area contributed by atoms with Crippen molar-refractivity contribution in [1.82, 2.24) is 89.3 Å². The Balaban J connectivity index is 0.000000148. The van der Waals surface area contributed by atoms with Gasteiger partial charge in [0.15, 0.2) is 20.6 Å². The van der Waals surface area contributed by atoms with Crippen molar-refractivity contribution in [2.45, 2.75) is 139 Å². The number of piperazine rings is 3. The molecule has 9 aromatic heterocycles. The third-order valence-electron chi connectivity index (χ3n) is 23.4. The lowest BCUT2D eigenvalue weighted by Crippen LogP contribution is -2.54. The number of aromatic nitrogens is 15. The van der Waals surface area contributed by atoms with E-state index >= 15 is 4.39 Å². The number of fused-ring (bicyclic) bond motifs is 4. The second-order valence-electron chi connectivity index (χ2n) is 33.2. The number of allylic oxidation sites excluding steroid dienone is 2. The number of nitrogens with zero attached hydrogens (tertiary/aromatic N) is 19. The Kier molecular flexibility index (Phi) is 28.7. The summed E-state index contributed by atoms with van der Waals surface area (Å²) < 4.78 is 82.1. The number of rotatable bonds is 28. The minimum absolute atomic E-state index is 0.0165. The first kappa shape index (κ1) is 91.1. The molecule has 5 atom stereocenters. The fourth-order valence-electron chi connectivity index (χ4n) is 16.5.